The van der Waals surface area contributed by atoms with Crippen LogP contribution in [-0.2, 0) is 13.1 Å². The van der Waals surface area contributed by atoms with Crippen LogP contribution in [0.4, 0.5) is 0 Å². The normalized spacial score (nSPS) is 10.3. The van der Waals surface area contributed by atoms with E-state index in [1.165, 1.54) is 0 Å². The highest BCUT2D eigenvalue weighted by Crippen LogP contribution is 2.04. The molecule has 3 N–H and O–H groups in total. The van der Waals surface area contributed by atoms with Gasteiger partial charge in [0.15, 0.2) is 0 Å². The van der Waals surface area contributed by atoms with E-state index < -0.39 is 0 Å². The number of aromatic amines is 1. The standard InChI is InChI=1S/C13H16N4O/c1-14-13(18)11-4-2-10(3-5-11)8-15-9-12-6-7-16-17-12/h2-7,15H,8-9H2,1H3,(H,14,18)(H,16,17). The van der Waals surface area contributed by atoms with Gasteiger partial charge in [0.1, 0.15) is 0 Å². The van der Waals surface area contributed by atoms with E-state index in [0.717, 1.165) is 24.3 Å². The van der Waals surface area contributed by atoms with Crippen molar-refractivity contribution in [3.63, 3.8) is 0 Å². The highest BCUT2D eigenvalue weighted by molar-refractivity contribution is 5.93. The molecule has 2 rings (SSSR count). The number of rotatable bonds is 5. The van der Waals surface area contributed by atoms with E-state index in [2.05, 4.69) is 20.8 Å². The van der Waals surface area contributed by atoms with E-state index in [4.69, 9.17) is 0 Å². The van der Waals surface area contributed by atoms with Crippen molar-refractivity contribution in [2.24, 2.45) is 0 Å². The maximum atomic E-state index is 11.4. The number of aromatic nitrogens is 2. The zero-order valence-electron chi connectivity index (χ0n) is 10.2. The summed E-state index contributed by atoms with van der Waals surface area (Å²) in [4.78, 5) is 11.4. The molecule has 0 atom stereocenters. The Hall–Kier alpha value is -2.14. The summed E-state index contributed by atoms with van der Waals surface area (Å²) in [6.07, 6.45) is 1.73. The lowest BCUT2D eigenvalue weighted by molar-refractivity contribution is 0.0963. The summed E-state index contributed by atoms with van der Waals surface area (Å²) < 4.78 is 0. The molecule has 0 radical (unpaired) electrons. The third kappa shape index (κ3) is 3.18. The second-order valence-electron chi connectivity index (χ2n) is 3.96. The number of H-pyrrole nitrogens is 1. The van der Waals surface area contributed by atoms with Crippen molar-refractivity contribution < 1.29 is 4.79 Å². The predicted molar refractivity (Wildman–Crippen MR) is 69.0 cm³/mol. The molecule has 1 aromatic carbocycles. The summed E-state index contributed by atoms with van der Waals surface area (Å²) in [6.45, 7) is 1.50. The number of benzene rings is 1. The first-order chi connectivity index (χ1) is 8.79. The minimum atomic E-state index is -0.0630. The topological polar surface area (TPSA) is 69.8 Å². The van der Waals surface area contributed by atoms with Crippen molar-refractivity contribution in [2.45, 2.75) is 13.1 Å². The molecule has 0 saturated heterocycles. The van der Waals surface area contributed by atoms with Crippen molar-refractivity contribution in [2.75, 3.05) is 7.05 Å². The van der Waals surface area contributed by atoms with Crippen LogP contribution in [0.5, 0.6) is 0 Å². The Bertz CT molecular complexity index is 490. The first-order valence-electron chi connectivity index (χ1n) is 5.79. The number of carbonyl (C=O) groups is 1. The number of nitrogens with one attached hydrogen (secondary N) is 3. The van der Waals surface area contributed by atoms with E-state index in [0.29, 0.717) is 5.56 Å². The van der Waals surface area contributed by atoms with Gasteiger partial charge < -0.3 is 10.6 Å². The van der Waals surface area contributed by atoms with Gasteiger partial charge in [0.05, 0.1) is 0 Å². The average Bonchev–Trinajstić information content (AvgIpc) is 2.92. The molecule has 0 spiro atoms. The number of nitrogens with zero attached hydrogens (tertiary/aromatic N) is 1. The summed E-state index contributed by atoms with van der Waals surface area (Å²) in [5.41, 5.74) is 2.87. The van der Waals surface area contributed by atoms with Crippen molar-refractivity contribution in [3.05, 3.63) is 53.3 Å². The maximum Gasteiger partial charge on any atom is 0.251 e. The van der Waals surface area contributed by atoms with Gasteiger partial charge in [-0.15, -0.1) is 0 Å². The highest BCUT2D eigenvalue weighted by Gasteiger charge is 2.02. The van der Waals surface area contributed by atoms with E-state index in [-0.39, 0.29) is 5.91 Å². The van der Waals surface area contributed by atoms with Gasteiger partial charge >= 0.3 is 0 Å². The lowest BCUT2D eigenvalue weighted by Crippen LogP contribution is -2.18. The van der Waals surface area contributed by atoms with E-state index in [1.807, 2.05) is 30.3 Å². The molecule has 1 amide bonds. The molecule has 94 valence electrons. The average molecular weight is 244 g/mol. The number of carbonyl (C=O) groups excluding carboxylic acids is 1. The Labute approximate surface area is 106 Å². The molecule has 1 aromatic heterocycles. The van der Waals surface area contributed by atoms with Gasteiger partial charge in [0, 0.05) is 37.6 Å². The van der Waals surface area contributed by atoms with Crippen LogP contribution >= 0.6 is 0 Å². The van der Waals surface area contributed by atoms with Crippen LogP contribution in [0, 0.1) is 0 Å². The molecule has 18 heavy (non-hydrogen) atoms. The fourth-order valence-electron chi connectivity index (χ4n) is 1.64. The van der Waals surface area contributed by atoms with Crippen LogP contribution in [0.15, 0.2) is 36.5 Å². The Morgan fingerprint density at radius 1 is 1.22 bits per heavy atom. The molecule has 0 aliphatic carbocycles. The van der Waals surface area contributed by atoms with Gasteiger partial charge in [0.2, 0.25) is 0 Å². The van der Waals surface area contributed by atoms with E-state index in [9.17, 15) is 4.79 Å². The van der Waals surface area contributed by atoms with Crippen molar-refractivity contribution in [1.82, 2.24) is 20.8 Å². The summed E-state index contributed by atoms with van der Waals surface area (Å²) in [5.74, 6) is -0.0630. The third-order valence-corrected chi connectivity index (χ3v) is 2.65. The van der Waals surface area contributed by atoms with Gasteiger partial charge in [-0.05, 0) is 23.8 Å². The number of hydrogen-bond donors (Lipinski definition) is 3. The lowest BCUT2D eigenvalue weighted by Gasteiger charge is -2.05. The number of hydrogen-bond acceptors (Lipinski definition) is 3. The summed E-state index contributed by atoms with van der Waals surface area (Å²) >= 11 is 0. The van der Waals surface area contributed by atoms with E-state index >= 15 is 0 Å². The molecule has 0 saturated carbocycles. The molecule has 5 heteroatoms. The molecule has 0 unspecified atom stereocenters. The zero-order chi connectivity index (χ0) is 12.8. The van der Waals surface area contributed by atoms with Crippen LogP contribution in [-0.4, -0.2) is 23.2 Å². The van der Waals surface area contributed by atoms with Crippen molar-refractivity contribution in [1.29, 1.82) is 0 Å². The smallest absolute Gasteiger partial charge is 0.251 e. The molecule has 5 nitrogen and oxygen atoms in total. The molecule has 0 aliphatic heterocycles. The Morgan fingerprint density at radius 3 is 2.61 bits per heavy atom. The van der Waals surface area contributed by atoms with Crippen LogP contribution in [0.25, 0.3) is 0 Å². The van der Waals surface area contributed by atoms with Crippen molar-refractivity contribution >= 4 is 5.91 Å². The summed E-state index contributed by atoms with van der Waals surface area (Å²) in [5, 5.41) is 12.7. The second-order valence-corrected chi connectivity index (χ2v) is 3.96. The quantitative estimate of drug-likeness (QED) is 0.736. The summed E-state index contributed by atoms with van der Waals surface area (Å²) in [7, 11) is 1.63. The van der Waals surface area contributed by atoms with Crippen LogP contribution in [0.1, 0.15) is 21.6 Å². The Morgan fingerprint density at radius 2 is 2.00 bits per heavy atom. The van der Waals surface area contributed by atoms with Crippen LogP contribution in [0.3, 0.4) is 0 Å². The van der Waals surface area contributed by atoms with Gasteiger partial charge in [0.25, 0.3) is 5.91 Å². The minimum absolute atomic E-state index is 0.0630. The van der Waals surface area contributed by atoms with Crippen molar-refractivity contribution in [3.8, 4) is 0 Å². The van der Waals surface area contributed by atoms with Gasteiger partial charge in [-0.25, -0.2) is 0 Å². The SMILES string of the molecule is CNC(=O)c1ccc(CNCc2ccn[nH]2)cc1. The molecule has 0 fully saturated rings. The predicted octanol–water partition coefficient (Wildman–Crippen LogP) is 1.06. The fourth-order valence-corrected chi connectivity index (χ4v) is 1.64. The first-order valence-corrected chi connectivity index (χ1v) is 5.79. The molecular formula is C13H16N4O. The maximum absolute atomic E-state index is 11.4. The molecule has 1 heterocycles. The first kappa shape index (κ1) is 12.3. The Kier molecular flexibility index (Phi) is 4.09. The van der Waals surface area contributed by atoms with Gasteiger partial charge in [-0.3, -0.25) is 9.89 Å². The largest absolute Gasteiger partial charge is 0.355 e. The lowest BCUT2D eigenvalue weighted by atomic mass is 10.1. The zero-order valence-corrected chi connectivity index (χ0v) is 10.2. The molecular weight excluding hydrogens is 228 g/mol. The van der Waals surface area contributed by atoms with Crippen LogP contribution in [0.2, 0.25) is 0 Å². The monoisotopic (exact) mass is 244 g/mol. The molecule has 0 bridgehead atoms. The molecule has 2 aromatic rings. The molecule has 0 aliphatic rings. The van der Waals surface area contributed by atoms with E-state index in [1.54, 1.807) is 13.2 Å². The third-order valence-electron chi connectivity index (χ3n) is 2.65. The highest BCUT2D eigenvalue weighted by atomic mass is 16.1. The summed E-state index contributed by atoms with van der Waals surface area (Å²) in [6, 6.07) is 9.48. The fraction of sp³-hybridized carbons (Fsp3) is 0.231. The van der Waals surface area contributed by atoms with Crippen LogP contribution < -0.4 is 10.6 Å². The van der Waals surface area contributed by atoms with Gasteiger partial charge in [-0.2, -0.15) is 5.10 Å². The van der Waals surface area contributed by atoms with Gasteiger partial charge in [-0.1, -0.05) is 12.1 Å². The Balaban J connectivity index is 1.85. The number of amides is 1. The minimum Gasteiger partial charge on any atom is -0.355 e. The second kappa shape index (κ2) is 5.97.